The van der Waals surface area contributed by atoms with Gasteiger partial charge in [-0.25, -0.2) is 0 Å². The average Bonchev–Trinajstić information content (AvgIpc) is 2.28. The maximum atomic E-state index is 11.9. The lowest BCUT2D eigenvalue weighted by Crippen LogP contribution is -2.45. The van der Waals surface area contributed by atoms with Crippen molar-refractivity contribution in [2.75, 3.05) is 7.11 Å². The SMILES string of the molecule is COC(=O)[C@@H]1[C@@H]2CCCC[C@H]2C(=O)C[C@H]1C. The first-order valence-corrected chi connectivity index (χ1v) is 6.25. The zero-order chi connectivity index (χ0) is 11.7. The normalized spacial score (nSPS) is 39.0. The summed E-state index contributed by atoms with van der Waals surface area (Å²) in [5.74, 6) is 0.744. The maximum Gasteiger partial charge on any atom is 0.309 e. The van der Waals surface area contributed by atoms with Crippen molar-refractivity contribution in [2.24, 2.45) is 23.7 Å². The zero-order valence-corrected chi connectivity index (χ0v) is 10.1. The second-order valence-electron chi connectivity index (χ2n) is 5.25. The van der Waals surface area contributed by atoms with Crippen LogP contribution >= 0.6 is 0 Å². The standard InChI is InChI=1S/C13H20O3/c1-8-7-11(14)9-5-3-4-6-10(9)12(8)13(15)16-2/h8-10,12H,3-7H2,1-2H3/t8-,9-,10-,12+/m1/s1. The number of rotatable bonds is 1. The Morgan fingerprint density at radius 1 is 1.31 bits per heavy atom. The monoisotopic (exact) mass is 224 g/mol. The van der Waals surface area contributed by atoms with Gasteiger partial charge >= 0.3 is 5.97 Å². The van der Waals surface area contributed by atoms with Gasteiger partial charge in [0.25, 0.3) is 0 Å². The number of hydrogen-bond acceptors (Lipinski definition) is 3. The fourth-order valence-corrected chi connectivity index (χ4v) is 3.55. The molecule has 0 radical (unpaired) electrons. The van der Waals surface area contributed by atoms with Gasteiger partial charge in [-0.2, -0.15) is 0 Å². The van der Waals surface area contributed by atoms with E-state index in [1.54, 1.807) is 0 Å². The van der Waals surface area contributed by atoms with Gasteiger partial charge < -0.3 is 4.74 Å². The van der Waals surface area contributed by atoms with Crippen LogP contribution in [-0.4, -0.2) is 18.9 Å². The van der Waals surface area contributed by atoms with Gasteiger partial charge in [-0.05, 0) is 24.7 Å². The molecule has 0 aromatic heterocycles. The number of ether oxygens (including phenoxy) is 1. The van der Waals surface area contributed by atoms with E-state index in [1.165, 1.54) is 7.11 Å². The topological polar surface area (TPSA) is 43.4 Å². The van der Waals surface area contributed by atoms with Crippen molar-refractivity contribution in [2.45, 2.75) is 39.0 Å². The van der Waals surface area contributed by atoms with Gasteiger partial charge in [0, 0.05) is 12.3 Å². The molecule has 3 heteroatoms. The Balaban J connectivity index is 2.21. The molecule has 0 aromatic carbocycles. The zero-order valence-electron chi connectivity index (χ0n) is 10.1. The molecule has 0 unspecified atom stereocenters. The van der Waals surface area contributed by atoms with E-state index >= 15 is 0 Å². The summed E-state index contributed by atoms with van der Waals surface area (Å²) in [6, 6.07) is 0. The summed E-state index contributed by atoms with van der Waals surface area (Å²) in [6.07, 6.45) is 4.83. The van der Waals surface area contributed by atoms with Gasteiger partial charge in [0.2, 0.25) is 0 Å². The van der Waals surface area contributed by atoms with Crippen LogP contribution in [0.3, 0.4) is 0 Å². The van der Waals surface area contributed by atoms with E-state index in [1.807, 2.05) is 6.92 Å². The lowest BCUT2D eigenvalue weighted by Gasteiger charge is -2.42. The van der Waals surface area contributed by atoms with Crippen molar-refractivity contribution in [3.05, 3.63) is 0 Å². The molecule has 0 aromatic rings. The Kier molecular flexibility index (Phi) is 3.31. The lowest BCUT2D eigenvalue weighted by molar-refractivity contribution is -0.156. The molecule has 2 aliphatic rings. The Labute approximate surface area is 96.5 Å². The molecule has 2 saturated carbocycles. The number of hydrogen-bond donors (Lipinski definition) is 0. The van der Waals surface area contributed by atoms with Crippen LogP contribution in [0.25, 0.3) is 0 Å². The molecule has 2 aliphatic carbocycles. The first kappa shape index (κ1) is 11.6. The number of Topliss-reactive ketones (excluding diaryl/α,β-unsaturated/α-hetero) is 1. The molecule has 0 amide bonds. The molecule has 2 fully saturated rings. The molecule has 0 aliphatic heterocycles. The Morgan fingerprint density at radius 2 is 2.00 bits per heavy atom. The lowest BCUT2D eigenvalue weighted by atomic mass is 9.61. The highest BCUT2D eigenvalue weighted by molar-refractivity contribution is 5.85. The first-order chi connectivity index (χ1) is 7.65. The van der Waals surface area contributed by atoms with Crippen molar-refractivity contribution in [1.82, 2.24) is 0 Å². The van der Waals surface area contributed by atoms with Crippen molar-refractivity contribution in [1.29, 1.82) is 0 Å². The third-order valence-corrected chi connectivity index (χ3v) is 4.30. The second kappa shape index (κ2) is 4.56. The number of fused-ring (bicyclic) bond motifs is 1. The number of ketones is 1. The minimum atomic E-state index is -0.114. The Bertz CT molecular complexity index is 298. The first-order valence-electron chi connectivity index (χ1n) is 6.25. The predicted molar refractivity (Wildman–Crippen MR) is 59.7 cm³/mol. The molecular weight excluding hydrogens is 204 g/mol. The average molecular weight is 224 g/mol. The van der Waals surface area contributed by atoms with Gasteiger partial charge in [-0.3, -0.25) is 9.59 Å². The van der Waals surface area contributed by atoms with E-state index in [9.17, 15) is 9.59 Å². The Hall–Kier alpha value is -0.860. The van der Waals surface area contributed by atoms with E-state index in [0.29, 0.717) is 12.2 Å². The van der Waals surface area contributed by atoms with Crippen LogP contribution in [-0.2, 0) is 14.3 Å². The molecule has 16 heavy (non-hydrogen) atoms. The van der Waals surface area contributed by atoms with Crippen LogP contribution in [0, 0.1) is 23.7 Å². The van der Waals surface area contributed by atoms with E-state index in [-0.39, 0.29) is 29.6 Å². The quantitative estimate of drug-likeness (QED) is 0.641. The summed E-state index contributed by atoms with van der Waals surface area (Å²) >= 11 is 0. The molecule has 0 N–H and O–H groups in total. The Morgan fingerprint density at radius 3 is 2.69 bits per heavy atom. The molecule has 0 saturated heterocycles. The second-order valence-corrected chi connectivity index (χ2v) is 5.25. The van der Waals surface area contributed by atoms with E-state index in [2.05, 4.69) is 0 Å². The largest absolute Gasteiger partial charge is 0.469 e. The summed E-state index contributed by atoms with van der Waals surface area (Å²) in [5, 5.41) is 0. The number of esters is 1. The molecular formula is C13H20O3. The van der Waals surface area contributed by atoms with Crippen LogP contribution in [0.2, 0.25) is 0 Å². The smallest absolute Gasteiger partial charge is 0.309 e. The molecule has 0 bridgehead atoms. The molecule has 0 heterocycles. The van der Waals surface area contributed by atoms with Gasteiger partial charge in [0.15, 0.2) is 0 Å². The van der Waals surface area contributed by atoms with Crippen LogP contribution in [0.4, 0.5) is 0 Å². The minimum Gasteiger partial charge on any atom is -0.469 e. The van der Waals surface area contributed by atoms with E-state index < -0.39 is 0 Å². The summed E-state index contributed by atoms with van der Waals surface area (Å²) in [6.45, 7) is 2.00. The number of carbonyl (C=O) groups excluding carboxylic acids is 2. The molecule has 0 spiro atoms. The van der Waals surface area contributed by atoms with E-state index in [4.69, 9.17) is 4.74 Å². The van der Waals surface area contributed by atoms with Crippen molar-refractivity contribution in [3.8, 4) is 0 Å². The molecule has 90 valence electrons. The highest BCUT2D eigenvalue weighted by atomic mass is 16.5. The summed E-state index contributed by atoms with van der Waals surface area (Å²) in [4.78, 5) is 23.7. The fraction of sp³-hybridized carbons (Fsp3) is 0.846. The van der Waals surface area contributed by atoms with Gasteiger partial charge in [0.1, 0.15) is 5.78 Å². The van der Waals surface area contributed by atoms with Gasteiger partial charge in [-0.1, -0.05) is 19.8 Å². The summed E-state index contributed by atoms with van der Waals surface area (Å²) < 4.78 is 4.89. The van der Waals surface area contributed by atoms with Crippen molar-refractivity contribution in [3.63, 3.8) is 0 Å². The van der Waals surface area contributed by atoms with Crippen LogP contribution in [0.15, 0.2) is 0 Å². The fourth-order valence-electron chi connectivity index (χ4n) is 3.55. The highest BCUT2D eigenvalue weighted by Crippen LogP contribution is 2.44. The van der Waals surface area contributed by atoms with Crippen LogP contribution < -0.4 is 0 Å². The van der Waals surface area contributed by atoms with Crippen LogP contribution in [0.1, 0.15) is 39.0 Å². The van der Waals surface area contributed by atoms with Crippen molar-refractivity contribution >= 4 is 11.8 Å². The van der Waals surface area contributed by atoms with Crippen molar-refractivity contribution < 1.29 is 14.3 Å². The molecule has 2 rings (SSSR count). The third-order valence-electron chi connectivity index (χ3n) is 4.30. The van der Waals surface area contributed by atoms with Gasteiger partial charge in [0.05, 0.1) is 13.0 Å². The third kappa shape index (κ3) is 1.87. The minimum absolute atomic E-state index is 0.0481. The molecule has 3 nitrogen and oxygen atoms in total. The van der Waals surface area contributed by atoms with Gasteiger partial charge in [-0.15, -0.1) is 0 Å². The van der Waals surface area contributed by atoms with E-state index in [0.717, 1.165) is 25.7 Å². The number of methoxy groups -OCH3 is 1. The van der Waals surface area contributed by atoms with Crippen LogP contribution in [0.5, 0.6) is 0 Å². The summed E-state index contributed by atoms with van der Waals surface area (Å²) in [7, 11) is 1.45. The summed E-state index contributed by atoms with van der Waals surface area (Å²) in [5.41, 5.74) is 0. The highest BCUT2D eigenvalue weighted by Gasteiger charge is 2.46. The predicted octanol–water partition coefficient (Wildman–Crippen LogP) is 2.19. The maximum absolute atomic E-state index is 11.9. The molecule has 4 atom stereocenters. The number of carbonyl (C=O) groups is 2.